The van der Waals surface area contributed by atoms with Crippen LogP contribution >= 0.6 is 28.3 Å². The predicted molar refractivity (Wildman–Crippen MR) is 91.4 cm³/mol. The SMILES string of the molecule is CCNCC1CCN(S(=O)(=O)c2ccc(Br)cc2)CC1.Cl. The summed E-state index contributed by atoms with van der Waals surface area (Å²) in [5.74, 6) is 0.589. The molecule has 1 fully saturated rings. The Balaban J connectivity index is 0.00000220. The fourth-order valence-electron chi connectivity index (χ4n) is 2.46. The van der Waals surface area contributed by atoms with Crippen molar-refractivity contribution in [3.05, 3.63) is 28.7 Å². The van der Waals surface area contributed by atoms with Gasteiger partial charge in [0.2, 0.25) is 10.0 Å². The molecule has 1 N–H and O–H groups in total. The van der Waals surface area contributed by atoms with Gasteiger partial charge >= 0.3 is 0 Å². The molecule has 4 nitrogen and oxygen atoms in total. The third-order valence-corrected chi connectivity index (χ3v) is 6.15. The fourth-order valence-corrected chi connectivity index (χ4v) is 4.19. The van der Waals surface area contributed by atoms with E-state index in [1.807, 2.05) is 0 Å². The number of rotatable bonds is 5. The highest BCUT2D eigenvalue weighted by atomic mass is 79.9. The molecule has 0 aliphatic carbocycles. The summed E-state index contributed by atoms with van der Waals surface area (Å²) >= 11 is 3.32. The van der Waals surface area contributed by atoms with Crippen LogP contribution in [0, 0.1) is 5.92 Å². The number of nitrogens with zero attached hydrogens (tertiary/aromatic N) is 1. The van der Waals surface area contributed by atoms with Gasteiger partial charge in [-0.15, -0.1) is 12.4 Å². The summed E-state index contributed by atoms with van der Waals surface area (Å²) in [5.41, 5.74) is 0. The molecule has 7 heteroatoms. The van der Waals surface area contributed by atoms with Gasteiger partial charge in [0.1, 0.15) is 0 Å². The summed E-state index contributed by atoms with van der Waals surface area (Å²) in [6, 6.07) is 6.85. The van der Waals surface area contributed by atoms with Gasteiger partial charge in [0.05, 0.1) is 4.90 Å². The van der Waals surface area contributed by atoms with Crippen LogP contribution < -0.4 is 5.32 Å². The van der Waals surface area contributed by atoms with E-state index < -0.39 is 10.0 Å². The number of nitrogens with one attached hydrogen (secondary N) is 1. The first-order valence-electron chi connectivity index (χ1n) is 7.00. The molecule has 2 rings (SSSR count). The Hall–Kier alpha value is -0.140. The van der Waals surface area contributed by atoms with Crippen molar-refractivity contribution >= 4 is 38.4 Å². The van der Waals surface area contributed by atoms with E-state index in [0.29, 0.717) is 23.9 Å². The molecule has 1 aliphatic rings. The lowest BCUT2D eigenvalue weighted by Crippen LogP contribution is -2.40. The van der Waals surface area contributed by atoms with Gasteiger partial charge in [0, 0.05) is 17.6 Å². The number of sulfonamides is 1. The molecule has 0 aromatic heterocycles. The molecule has 1 aromatic carbocycles. The standard InChI is InChI=1S/C14H21BrN2O2S.ClH/c1-2-16-11-12-7-9-17(10-8-12)20(18,19)14-5-3-13(15)4-6-14;/h3-6,12,16H,2,7-11H2,1H3;1H. The molecule has 120 valence electrons. The fraction of sp³-hybridized carbons (Fsp3) is 0.571. The van der Waals surface area contributed by atoms with Gasteiger partial charge in [-0.25, -0.2) is 8.42 Å². The Morgan fingerprint density at radius 1 is 1.24 bits per heavy atom. The van der Waals surface area contributed by atoms with Crippen LogP contribution in [-0.4, -0.2) is 38.9 Å². The topological polar surface area (TPSA) is 49.4 Å². The number of hydrogen-bond donors (Lipinski definition) is 1. The van der Waals surface area contributed by atoms with Gasteiger partial charge in [0.15, 0.2) is 0 Å². The maximum Gasteiger partial charge on any atom is 0.243 e. The van der Waals surface area contributed by atoms with Crippen LogP contribution in [0.1, 0.15) is 19.8 Å². The quantitative estimate of drug-likeness (QED) is 0.831. The molecular formula is C14H22BrClN2O2S. The molecular weight excluding hydrogens is 376 g/mol. The molecule has 0 spiro atoms. The zero-order chi connectivity index (χ0) is 14.6. The molecule has 21 heavy (non-hydrogen) atoms. The largest absolute Gasteiger partial charge is 0.317 e. The van der Waals surface area contributed by atoms with E-state index in [4.69, 9.17) is 0 Å². The van der Waals surface area contributed by atoms with Gasteiger partial charge in [-0.2, -0.15) is 4.31 Å². The average Bonchev–Trinajstić information content (AvgIpc) is 2.46. The van der Waals surface area contributed by atoms with Crippen LogP contribution in [0.2, 0.25) is 0 Å². The van der Waals surface area contributed by atoms with Crippen LogP contribution in [0.5, 0.6) is 0 Å². The molecule has 0 saturated carbocycles. The maximum absolute atomic E-state index is 12.5. The Bertz CT molecular complexity index is 528. The minimum Gasteiger partial charge on any atom is -0.317 e. The lowest BCUT2D eigenvalue weighted by Gasteiger charge is -2.31. The minimum atomic E-state index is -3.33. The highest BCUT2D eigenvalue weighted by Gasteiger charge is 2.28. The van der Waals surface area contributed by atoms with E-state index in [1.54, 1.807) is 28.6 Å². The van der Waals surface area contributed by atoms with Crippen LogP contribution in [0.25, 0.3) is 0 Å². The summed E-state index contributed by atoms with van der Waals surface area (Å²) in [7, 11) is -3.33. The summed E-state index contributed by atoms with van der Waals surface area (Å²) < 4.78 is 27.5. The maximum atomic E-state index is 12.5. The minimum absolute atomic E-state index is 0. The number of benzene rings is 1. The van der Waals surface area contributed by atoms with Crippen molar-refractivity contribution < 1.29 is 8.42 Å². The van der Waals surface area contributed by atoms with Crippen molar-refractivity contribution in [1.82, 2.24) is 9.62 Å². The van der Waals surface area contributed by atoms with Crippen LogP contribution in [-0.2, 0) is 10.0 Å². The van der Waals surface area contributed by atoms with E-state index in [1.165, 1.54) is 0 Å². The molecule has 0 bridgehead atoms. The van der Waals surface area contributed by atoms with E-state index in [-0.39, 0.29) is 12.4 Å². The van der Waals surface area contributed by atoms with E-state index in [9.17, 15) is 8.42 Å². The van der Waals surface area contributed by atoms with Gasteiger partial charge in [-0.3, -0.25) is 0 Å². The van der Waals surface area contributed by atoms with Crippen LogP contribution in [0.4, 0.5) is 0 Å². The molecule has 0 atom stereocenters. The highest BCUT2D eigenvalue weighted by molar-refractivity contribution is 9.10. The second-order valence-corrected chi connectivity index (χ2v) is 7.96. The molecule has 1 saturated heterocycles. The molecule has 1 aliphatic heterocycles. The first kappa shape index (κ1) is 18.9. The molecule has 0 amide bonds. The normalized spacial score (nSPS) is 17.4. The third-order valence-electron chi connectivity index (χ3n) is 3.71. The second-order valence-electron chi connectivity index (χ2n) is 5.11. The predicted octanol–water partition coefficient (Wildman–Crippen LogP) is 2.88. The zero-order valence-corrected chi connectivity index (χ0v) is 15.3. The zero-order valence-electron chi connectivity index (χ0n) is 12.1. The average molecular weight is 398 g/mol. The number of hydrogen-bond acceptors (Lipinski definition) is 3. The van der Waals surface area contributed by atoms with Gasteiger partial charge in [-0.1, -0.05) is 22.9 Å². The molecule has 1 aromatic rings. The van der Waals surface area contributed by atoms with Crippen molar-refractivity contribution in [1.29, 1.82) is 0 Å². The summed E-state index contributed by atoms with van der Waals surface area (Å²) in [6.45, 7) is 5.29. The first-order chi connectivity index (χ1) is 9.54. The molecule has 0 radical (unpaired) electrons. The van der Waals surface area contributed by atoms with E-state index in [2.05, 4.69) is 28.2 Å². The molecule has 0 unspecified atom stereocenters. The van der Waals surface area contributed by atoms with Gasteiger partial charge < -0.3 is 5.32 Å². The Morgan fingerprint density at radius 2 is 1.81 bits per heavy atom. The highest BCUT2D eigenvalue weighted by Crippen LogP contribution is 2.24. The molecule has 1 heterocycles. The van der Waals surface area contributed by atoms with Gasteiger partial charge in [-0.05, 0) is 56.1 Å². The van der Waals surface area contributed by atoms with E-state index >= 15 is 0 Å². The number of piperidine rings is 1. The Morgan fingerprint density at radius 3 is 2.33 bits per heavy atom. The second kappa shape index (κ2) is 8.48. The lowest BCUT2D eigenvalue weighted by molar-refractivity contribution is 0.268. The first-order valence-corrected chi connectivity index (χ1v) is 9.23. The summed E-state index contributed by atoms with van der Waals surface area (Å²) in [5, 5.41) is 3.34. The monoisotopic (exact) mass is 396 g/mol. The number of halogens is 2. The summed E-state index contributed by atoms with van der Waals surface area (Å²) in [6.07, 6.45) is 1.87. The van der Waals surface area contributed by atoms with Crippen molar-refractivity contribution in [2.24, 2.45) is 5.92 Å². The van der Waals surface area contributed by atoms with E-state index in [0.717, 1.165) is 30.4 Å². The Labute approximate surface area is 141 Å². The lowest BCUT2D eigenvalue weighted by atomic mass is 9.98. The van der Waals surface area contributed by atoms with Gasteiger partial charge in [0.25, 0.3) is 0 Å². The van der Waals surface area contributed by atoms with Crippen molar-refractivity contribution in [3.63, 3.8) is 0 Å². The van der Waals surface area contributed by atoms with Crippen LogP contribution in [0.15, 0.2) is 33.6 Å². The van der Waals surface area contributed by atoms with Crippen molar-refractivity contribution in [2.75, 3.05) is 26.2 Å². The van der Waals surface area contributed by atoms with Crippen molar-refractivity contribution in [2.45, 2.75) is 24.7 Å². The summed E-state index contributed by atoms with van der Waals surface area (Å²) in [4.78, 5) is 0.380. The Kier molecular flexibility index (Phi) is 7.64. The third kappa shape index (κ3) is 4.93. The van der Waals surface area contributed by atoms with Crippen molar-refractivity contribution in [3.8, 4) is 0 Å². The van der Waals surface area contributed by atoms with Crippen LogP contribution in [0.3, 0.4) is 0 Å². The smallest absolute Gasteiger partial charge is 0.243 e.